The molecule has 1 unspecified atom stereocenters. The van der Waals surface area contributed by atoms with Gasteiger partial charge in [0.2, 0.25) is 0 Å². The van der Waals surface area contributed by atoms with Crippen molar-refractivity contribution in [3.63, 3.8) is 0 Å². The van der Waals surface area contributed by atoms with Gasteiger partial charge in [0.1, 0.15) is 12.1 Å². The third kappa shape index (κ3) is 5.14. The van der Waals surface area contributed by atoms with E-state index in [1.165, 1.54) is 44.9 Å². The number of hydrogen-bond donors (Lipinski definition) is 1. The van der Waals surface area contributed by atoms with Gasteiger partial charge >= 0.3 is 6.03 Å². The second-order valence-electron chi connectivity index (χ2n) is 7.33. The first-order valence-electron chi connectivity index (χ1n) is 9.63. The lowest BCUT2D eigenvalue weighted by Gasteiger charge is -2.28. The maximum Gasteiger partial charge on any atom is 0.323 e. The minimum Gasteiger partial charge on any atom is -0.378 e. The molecule has 1 aliphatic carbocycles. The number of carbonyl (C=O) groups is 1. The zero-order valence-electron chi connectivity index (χ0n) is 15.2. The molecule has 1 aromatic heterocycles. The fourth-order valence-electron chi connectivity index (χ4n) is 4.18. The number of anilines is 1. The van der Waals surface area contributed by atoms with Crippen LogP contribution in [0.1, 0.15) is 63.5 Å². The molecule has 1 aliphatic heterocycles. The molecule has 3 rings (SSSR count). The van der Waals surface area contributed by atoms with Gasteiger partial charge in [-0.3, -0.25) is 5.32 Å². The van der Waals surface area contributed by atoms with Crippen molar-refractivity contribution >= 4 is 11.8 Å². The van der Waals surface area contributed by atoms with Crippen LogP contribution in [0.4, 0.5) is 10.6 Å². The summed E-state index contributed by atoms with van der Waals surface area (Å²) in [6.45, 7) is 1.26. The summed E-state index contributed by atoms with van der Waals surface area (Å²) in [4.78, 5) is 23.0. The van der Waals surface area contributed by atoms with Crippen molar-refractivity contribution in [2.24, 2.45) is 5.92 Å². The second-order valence-corrected chi connectivity index (χ2v) is 7.33. The third-order valence-electron chi connectivity index (χ3n) is 5.52. The molecule has 0 aromatic carbocycles. The Kier molecular flexibility index (Phi) is 6.62. The predicted molar refractivity (Wildman–Crippen MR) is 97.3 cm³/mol. The number of urea groups is 1. The molecule has 138 valence electrons. The van der Waals surface area contributed by atoms with E-state index in [4.69, 9.17) is 4.74 Å². The Bertz CT molecular complexity index is 560. The number of ether oxygens (including phenoxy) is 1. The molecule has 0 bridgehead atoms. The molecule has 2 aliphatic rings. The fourth-order valence-corrected chi connectivity index (χ4v) is 4.18. The zero-order valence-corrected chi connectivity index (χ0v) is 15.2. The average molecular weight is 346 g/mol. The molecule has 1 aromatic rings. The highest BCUT2D eigenvalue weighted by molar-refractivity contribution is 5.88. The third-order valence-corrected chi connectivity index (χ3v) is 5.52. The topological polar surface area (TPSA) is 67.3 Å². The molecule has 25 heavy (non-hydrogen) atoms. The quantitative estimate of drug-likeness (QED) is 0.846. The highest BCUT2D eigenvalue weighted by Crippen LogP contribution is 2.30. The molecule has 6 heteroatoms. The van der Waals surface area contributed by atoms with Gasteiger partial charge in [0.15, 0.2) is 0 Å². The minimum absolute atomic E-state index is 0.0341. The van der Waals surface area contributed by atoms with Gasteiger partial charge < -0.3 is 9.64 Å². The van der Waals surface area contributed by atoms with Crippen molar-refractivity contribution in [1.82, 2.24) is 14.9 Å². The van der Waals surface area contributed by atoms with Gasteiger partial charge in [-0.25, -0.2) is 14.8 Å². The number of nitrogens with zero attached hydrogens (tertiary/aromatic N) is 3. The monoisotopic (exact) mass is 346 g/mol. The van der Waals surface area contributed by atoms with E-state index in [1.54, 1.807) is 13.2 Å². The Labute approximate surface area is 150 Å². The largest absolute Gasteiger partial charge is 0.378 e. The Hall–Kier alpha value is -1.69. The summed E-state index contributed by atoms with van der Waals surface area (Å²) in [5.41, 5.74) is 0.767. The lowest BCUT2D eigenvalue weighted by Crippen LogP contribution is -2.39. The zero-order chi connectivity index (χ0) is 17.5. The van der Waals surface area contributed by atoms with Gasteiger partial charge in [-0.2, -0.15) is 0 Å². The molecule has 2 amide bonds. The summed E-state index contributed by atoms with van der Waals surface area (Å²) < 4.78 is 5.08. The fraction of sp³-hybridized carbons (Fsp3) is 0.737. The van der Waals surface area contributed by atoms with Gasteiger partial charge in [-0.05, 0) is 31.6 Å². The van der Waals surface area contributed by atoms with Gasteiger partial charge in [0.05, 0.1) is 12.3 Å². The Morgan fingerprint density at radius 2 is 2.04 bits per heavy atom. The molecule has 2 heterocycles. The molecule has 2 fully saturated rings. The van der Waals surface area contributed by atoms with E-state index in [1.807, 2.05) is 4.90 Å². The lowest BCUT2D eigenvalue weighted by atomic mass is 9.85. The summed E-state index contributed by atoms with van der Waals surface area (Å²) in [6.07, 6.45) is 13.0. The van der Waals surface area contributed by atoms with Crippen LogP contribution in [0.15, 0.2) is 12.4 Å². The summed E-state index contributed by atoms with van der Waals surface area (Å²) in [5, 5.41) is 2.93. The molecule has 0 radical (unpaired) electrons. The van der Waals surface area contributed by atoms with E-state index >= 15 is 0 Å². The van der Waals surface area contributed by atoms with Gasteiger partial charge in [0.25, 0.3) is 0 Å². The van der Waals surface area contributed by atoms with Gasteiger partial charge in [-0.1, -0.05) is 32.1 Å². The van der Waals surface area contributed by atoms with E-state index in [2.05, 4.69) is 15.3 Å². The molecule has 1 saturated carbocycles. The summed E-state index contributed by atoms with van der Waals surface area (Å²) in [5.74, 6) is 1.42. The summed E-state index contributed by atoms with van der Waals surface area (Å²) in [6, 6.07) is 2.12. The van der Waals surface area contributed by atoms with Crippen molar-refractivity contribution in [3.05, 3.63) is 18.1 Å². The van der Waals surface area contributed by atoms with Gasteiger partial charge in [0, 0.05) is 25.8 Å². The van der Waals surface area contributed by atoms with Crippen molar-refractivity contribution < 1.29 is 9.53 Å². The smallest absolute Gasteiger partial charge is 0.323 e. The predicted octanol–water partition coefficient (Wildman–Crippen LogP) is 3.98. The van der Waals surface area contributed by atoms with Crippen LogP contribution in [0.25, 0.3) is 0 Å². The Morgan fingerprint density at radius 1 is 1.20 bits per heavy atom. The summed E-state index contributed by atoms with van der Waals surface area (Å²) >= 11 is 0. The normalized spacial score (nSPS) is 21.5. The lowest BCUT2D eigenvalue weighted by molar-refractivity contribution is 0.181. The van der Waals surface area contributed by atoms with Crippen molar-refractivity contribution in [3.8, 4) is 0 Å². The average Bonchev–Trinajstić information content (AvgIpc) is 3.10. The van der Waals surface area contributed by atoms with Crippen LogP contribution in [-0.2, 0) is 11.3 Å². The molecule has 1 saturated heterocycles. The first-order chi connectivity index (χ1) is 12.3. The van der Waals surface area contributed by atoms with Crippen molar-refractivity contribution in [1.29, 1.82) is 0 Å². The molecule has 1 N–H and O–H groups in total. The molecular weight excluding hydrogens is 316 g/mol. The first kappa shape index (κ1) is 18.1. The van der Waals surface area contributed by atoms with Crippen LogP contribution >= 0.6 is 0 Å². The van der Waals surface area contributed by atoms with Crippen LogP contribution in [0.3, 0.4) is 0 Å². The summed E-state index contributed by atoms with van der Waals surface area (Å²) in [7, 11) is 1.63. The SMILES string of the molecule is COCc1cc(NC(=O)N2CCCC2CCC2CCCCC2)ncn1. The number of methoxy groups -OCH3 is 1. The number of carbonyl (C=O) groups excluding carboxylic acids is 1. The van der Waals surface area contributed by atoms with Crippen LogP contribution in [0.5, 0.6) is 0 Å². The van der Waals surface area contributed by atoms with Crippen LogP contribution in [0, 0.1) is 5.92 Å². The number of aromatic nitrogens is 2. The van der Waals surface area contributed by atoms with Crippen molar-refractivity contribution in [2.75, 3.05) is 19.0 Å². The molecule has 6 nitrogen and oxygen atoms in total. The second kappa shape index (κ2) is 9.13. The maximum atomic E-state index is 12.7. The highest BCUT2D eigenvalue weighted by Gasteiger charge is 2.29. The minimum atomic E-state index is -0.0341. The molecule has 0 spiro atoms. The van der Waals surface area contributed by atoms with Crippen LogP contribution in [0.2, 0.25) is 0 Å². The molecule has 1 atom stereocenters. The highest BCUT2D eigenvalue weighted by atomic mass is 16.5. The first-order valence-corrected chi connectivity index (χ1v) is 9.63. The van der Waals surface area contributed by atoms with E-state index < -0.39 is 0 Å². The maximum absolute atomic E-state index is 12.7. The number of hydrogen-bond acceptors (Lipinski definition) is 4. The number of nitrogens with one attached hydrogen (secondary N) is 1. The Morgan fingerprint density at radius 3 is 2.84 bits per heavy atom. The van der Waals surface area contributed by atoms with E-state index in [9.17, 15) is 4.79 Å². The van der Waals surface area contributed by atoms with Gasteiger partial charge in [-0.15, -0.1) is 0 Å². The van der Waals surface area contributed by atoms with E-state index in [0.29, 0.717) is 18.5 Å². The number of rotatable bonds is 6. The molecular formula is C19H30N4O2. The van der Waals surface area contributed by atoms with Crippen LogP contribution < -0.4 is 5.32 Å². The Balaban J connectivity index is 1.52. The standard InChI is InChI=1S/C19H30N4O2/c1-25-13-16-12-18(21-14-20-16)22-19(24)23-11-5-8-17(23)10-9-15-6-3-2-4-7-15/h12,14-15,17H,2-11,13H2,1H3,(H,20,21,22,24). The number of amides is 2. The van der Waals surface area contributed by atoms with Crippen molar-refractivity contribution in [2.45, 2.75) is 70.4 Å². The number of likely N-dealkylation sites (tertiary alicyclic amines) is 1. The van der Waals surface area contributed by atoms with E-state index in [0.717, 1.165) is 37.4 Å². The van der Waals surface area contributed by atoms with Crippen LogP contribution in [-0.4, -0.2) is 40.6 Å². The van der Waals surface area contributed by atoms with E-state index in [-0.39, 0.29) is 6.03 Å².